The Morgan fingerprint density at radius 1 is 1.03 bits per heavy atom. The maximum atomic E-state index is 13.3. The van der Waals surface area contributed by atoms with Crippen LogP contribution in [0.25, 0.3) is 0 Å². The van der Waals surface area contributed by atoms with Gasteiger partial charge in [0.15, 0.2) is 11.5 Å². The largest absolute Gasteiger partial charge is 0.497 e. The lowest BCUT2D eigenvalue weighted by atomic mass is 10.1. The highest BCUT2D eigenvalue weighted by atomic mass is 32.2. The summed E-state index contributed by atoms with van der Waals surface area (Å²) < 4.78 is 16.0. The molecule has 174 valence electrons. The van der Waals surface area contributed by atoms with E-state index in [0.29, 0.717) is 36.0 Å². The van der Waals surface area contributed by atoms with Gasteiger partial charge in [0.2, 0.25) is 12.7 Å². The summed E-state index contributed by atoms with van der Waals surface area (Å²) in [5.74, 6) is 3.39. The summed E-state index contributed by atoms with van der Waals surface area (Å²) in [4.78, 5) is 32.3. The van der Waals surface area contributed by atoms with Gasteiger partial charge in [-0.1, -0.05) is 6.07 Å². The molecule has 2 aromatic carbocycles. The Morgan fingerprint density at radius 2 is 1.79 bits per heavy atom. The number of benzene rings is 2. The predicted octanol–water partition coefficient (Wildman–Crippen LogP) is 2.28. The van der Waals surface area contributed by atoms with E-state index in [1.54, 1.807) is 48.0 Å². The lowest BCUT2D eigenvalue weighted by molar-refractivity contribution is -0.136. The first-order valence-electron chi connectivity index (χ1n) is 11.0. The molecule has 0 N–H and O–H groups in total. The maximum absolute atomic E-state index is 13.3. The van der Waals surface area contributed by atoms with Crippen molar-refractivity contribution in [3.8, 4) is 17.2 Å². The second kappa shape index (κ2) is 9.52. The topological polar surface area (TPSA) is 71.6 Å². The van der Waals surface area contributed by atoms with Crippen LogP contribution >= 0.6 is 11.8 Å². The first kappa shape index (κ1) is 21.9. The number of nitrogens with zero attached hydrogens (tertiary/aromatic N) is 3. The number of fused-ring (bicyclic) bond motifs is 1. The summed E-state index contributed by atoms with van der Waals surface area (Å²) >= 11 is 1.63. The number of carbonyl (C=O) groups excluding carboxylic acids is 2. The molecule has 0 aromatic heterocycles. The highest BCUT2D eigenvalue weighted by Gasteiger charge is 2.38. The lowest BCUT2D eigenvalue weighted by Gasteiger charge is -2.37. The summed E-state index contributed by atoms with van der Waals surface area (Å²) in [5, 5.41) is 0. The van der Waals surface area contributed by atoms with Gasteiger partial charge in [-0.3, -0.25) is 14.5 Å². The minimum Gasteiger partial charge on any atom is -0.497 e. The first-order valence-corrected chi connectivity index (χ1v) is 12.2. The van der Waals surface area contributed by atoms with E-state index in [-0.39, 0.29) is 18.6 Å². The number of hydrogen-bond donors (Lipinski definition) is 0. The smallest absolute Gasteiger partial charge is 0.255 e. The zero-order chi connectivity index (χ0) is 22.8. The number of carbonyl (C=O) groups is 2. The Bertz CT molecular complexity index is 1020. The molecule has 1 unspecified atom stereocenters. The highest BCUT2D eigenvalue weighted by Crippen LogP contribution is 2.33. The fraction of sp³-hybridized carbons (Fsp3) is 0.417. The van der Waals surface area contributed by atoms with Crippen molar-refractivity contribution >= 4 is 23.6 Å². The van der Waals surface area contributed by atoms with Gasteiger partial charge in [-0.05, 0) is 42.0 Å². The van der Waals surface area contributed by atoms with E-state index in [4.69, 9.17) is 14.2 Å². The van der Waals surface area contributed by atoms with Crippen molar-refractivity contribution in [2.75, 3.05) is 51.7 Å². The molecule has 2 saturated heterocycles. The van der Waals surface area contributed by atoms with E-state index >= 15 is 0 Å². The average Bonchev–Trinajstić information content (AvgIpc) is 3.53. The van der Waals surface area contributed by atoms with Crippen LogP contribution in [0, 0.1) is 0 Å². The van der Waals surface area contributed by atoms with Crippen molar-refractivity contribution in [1.29, 1.82) is 0 Å². The van der Waals surface area contributed by atoms with Crippen LogP contribution in [0.4, 0.5) is 0 Å². The third kappa shape index (κ3) is 4.60. The normalized spacial score (nSPS) is 20.2. The van der Waals surface area contributed by atoms with Gasteiger partial charge >= 0.3 is 0 Å². The highest BCUT2D eigenvalue weighted by molar-refractivity contribution is 7.99. The zero-order valence-electron chi connectivity index (χ0n) is 18.6. The molecule has 0 bridgehead atoms. The summed E-state index contributed by atoms with van der Waals surface area (Å²) in [7, 11) is 1.59. The molecule has 5 rings (SSSR count). The van der Waals surface area contributed by atoms with Gasteiger partial charge in [-0.15, -0.1) is 11.8 Å². The standard InChI is InChI=1S/C24H27N3O5S/c1-30-19-5-3-18(4-6-19)23(28)27-15-33-14-20(27)24(29)26-10-8-25(9-11-26)13-17-2-7-21-22(12-17)32-16-31-21/h2-7,12,20H,8-11,13-16H2,1H3. The minimum atomic E-state index is -0.412. The SMILES string of the molecule is COc1ccc(C(=O)N2CSCC2C(=O)N2CCN(Cc3ccc4c(c3)OCO4)CC2)cc1. The molecule has 0 spiro atoms. The summed E-state index contributed by atoms with van der Waals surface area (Å²) in [6, 6.07) is 12.7. The van der Waals surface area contributed by atoms with Gasteiger partial charge in [-0.2, -0.15) is 0 Å². The Kier molecular flexibility index (Phi) is 6.32. The molecule has 0 saturated carbocycles. The second-order valence-electron chi connectivity index (χ2n) is 8.31. The molecule has 3 aliphatic rings. The maximum Gasteiger partial charge on any atom is 0.255 e. The van der Waals surface area contributed by atoms with Crippen molar-refractivity contribution in [3.05, 3.63) is 53.6 Å². The summed E-state index contributed by atoms with van der Waals surface area (Å²) in [6.07, 6.45) is 0. The van der Waals surface area contributed by atoms with Crippen molar-refractivity contribution < 1.29 is 23.8 Å². The van der Waals surface area contributed by atoms with Crippen LogP contribution in [0.3, 0.4) is 0 Å². The monoisotopic (exact) mass is 469 g/mol. The minimum absolute atomic E-state index is 0.0459. The molecular weight excluding hydrogens is 442 g/mol. The van der Waals surface area contributed by atoms with E-state index in [2.05, 4.69) is 11.0 Å². The fourth-order valence-corrected chi connectivity index (χ4v) is 5.53. The number of piperazine rings is 1. The van der Waals surface area contributed by atoms with Gasteiger partial charge in [0, 0.05) is 44.0 Å². The number of thioether (sulfide) groups is 1. The Hall–Kier alpha value is -2.91. The average molecular weight is 470 g/mol. The molecule has 9 heteroatoms. The molecule has 2 fully saturated rings. The van der Waals surface area contributed by atoms with E-state index < -0.39 is 6.04 Å². The fourth-order valence-electron chi connectivity index (χ4n) is 4.38. The lowest BCUT2D eigenvalue weighted by Crippen LogP contribution is -2.54. The van der Waals surface area contributed by atoms with Crippen molar-refractivity contribution in [3.63, 3.8) is 0 Å². The van der Waals surface area contributed by atoms with Crippen LogP contribution in [-0.4, -0.2) is 84.3 Å². The third-order valence-corrected chi connectivity index (χ3v) is 7.30. The van der Waals surface area contributed by atoms with Crippen LogP contribution < -0.4 is 14.2 Å². The first-order chi connectivity index (χ1) is 16.1. The van der Waals surface area contributed by atoms with E-state index in [1.807, 2.05) is 17.0 Å². The summed E-state index contributed by atoms with van der Waals surface area (Å²) in [6.45, 7) is 4.00. The van der Waals surface area contributed by atoms with Crippen molar-refractivity contribution in [2.24, 2.45) is 0 Å². The van der Waals surface area contributed by atoms with Gasteiger partial charge in [0.25, 0.3) is 5.91 Å². The molecule has 8 nitrogen and oxygen atoms in total. The van der Waals surface area contributed by atoms with Gasteiger partial charge in [-0.25, -0.2) is 0 Å². The Morgan fingerprint density at radius 3 is 2.55 bits per heavy atom. The number of ether oxygens (including phenoxy) is 3. The van der Waals surface area contributed by atoms with Crippen LogP contribution in [-0.2, 0) is 11.3 Å². The summed E-state index contributed by atoms with van der Waals surface area (Å²) in [5.41, 5.74) is 1.74. The molecule has 0 aliphatic carbocycles. The second-order valence-corrected chi connectivity index (χ2v) is 9.31. The third-order valence-electron chi connectivity index (χ3n) is 6.29. The van der Waals surface area contributed by atoms with Crippen molar-refractivity contribution in [1.82, 2.24) is 14.7 Å². The van der Waals surface area contributed by atoms with Gasteiger partial charge in [0.1, 0.15) is 11.8 Å². The molecule has 2 amide bonds. The Labute approximate surface area is 197 Å². The molecule has 3 heterocycles. The van der Waals surface area contributed by atoms with E-state index in [9.17, 15) is 9.59 Å². The Balaban J connectivity index is 1.17. The molecule has 3 aliphatic heterocycles. The van der Waals surface area contributed by atoms with E-state index in [0.717, 1.165) is 31.1 Å². The van der Waals surface area contributed by atoms with Crippen LogP contribution in [0.5, 0.6) is 17.2 Å². The van der Waals surface area contributed by atoms with Gasteiger partial charge < -0.3 is 24.0 Å². The van der Waals surface area contributed by atoms with Gasteiger partial charge in [0.05, 0.1) is 13.0 Å². The zero-order valence-corrected chi connectivity index (χ0v) is 19.4. The number of rotatable bonds is 5. The van der Waals surface area contributed by atoms with E-state index in [1.165, 1.54) is 5.56 Å². The molecule has 1 atom stereocenters. The van der Waals surface area contributed by atoms with Crippen LogP contribution in [0.15, 0.2) is 42.5 Å². The van der Waals surface area contributed by atoms with Crippen LogP contribution in [0.2, 0.25) is 0 Å². The number of hydrogen-bond acceptors (Lipinski definition) is 7. The van der Waals surface area contributed by atoms with Crippen LogP contribution in [0.1, 0.15) is 15.9 Å². The molecule has 33 heavy (non-hydrogen) atoms. The predicted molar refractivity (Wildman–Crippen MR) is 125 cm³/mol. The molecule has 0 radical (unpaired) electrons. The van der Waals surface area contributed by atoms with Crippen molar-refractivity contribution in [2.45, 2.75) is 12.6 Å². The quantitative estimate of drug-likeness (QED) is 0.665. The molecule has 2 aromatic rings. The molecular formula is C24H27N3O5S. The number of amides is 2. The number of methoxy groups -OCH3 is 1.